The lowest BCUT2D eigenvalue weighted by atomic mass is 10.7. The van der Waals surface area contributed by atoms with E-state index in [1.54, 1.807) is 14.0 Å². The summed E-state index contributed by atoms with van der Waals surface area (Å²) in [7, 11) is 1.62. The maximum Gasteiger partial charge on any atom is 0.213 e. The molecule has 0 saturated heterocycles. The molecule has 0 saturated carbocycles. The number of hydrogen-bond acceptors (Lipinski definition) is 4. The van der Waals surface area contributed by atoms with Gasteiger partial charge in [-0.3, -0.25) is 0 Å². The van der Waals surface area contributed by atoms with Crippen LogP contribution >= 0.6 is 0 Å². The highest BCUT2D eigenvalue weighted by atomic mass is 16.6. The van der Waals surface area contributed by atoms with Gasteiger partial charge in [-0.25, -0.2) is 0 Å². The summed E-state index contributed by atoms with van der Waals surface area (Å²) >= 11 is 0. The topological polar surface area (TPSA) is 47.9 Å². The zero-order valence-corrected chi connectivity index (χ0v) is 7.04. The Hall–Kier alpha value is -0.160. The Bertz CT molecular complexity index is 91.5. The summed E-state index contributed by atoms with van der Waals surface area (Å²) in [6, 6.07) is 0. The highest BCUT2D eigenvalue weighted by Crippen LogP contribution is 1.84. The lowest BCUT2D eigenvalue weighted by Gasteiger charge is -2.06. The van der Waals surface area contributed by atoms with E-state index < -0.39 is 6.29 Å². The Balaban J connectivity index is 2.90. The van der Waals surface area contributed by atoms with Crippen molar-refractivity contribution in [2.45, 2.75) is 13.2 Å². The van der Waals surface area contributed by atoms with Crippen molar-refractivity contribution < 1.29 is 19.3 Å². The van der Waals surface area contributed by atoms with Crippen LogP contribution in [0.25, 0.3) is 0 Å². The van der Waals surface area contributed by atoms with Crippen LogP contribution in [0.15, 0.2) is 0 Å². The molecule has 4 nitrogen and oxygen atoms in total. The van der Waals surface area contributed by atoms with Gasteiger partial charge in [-0.05, 0) is 6.92 Å². The molecule has 0 aromatic heterocycles. The van der Waals surface area contributed by atoms with E-state index >= 15 is 0 Å². The SMILES string of the molecule is [2H]OC(C)OCCOCCOC. The molecule has 0 heterocycles. The van der Waals surface area contributed by atoms with Gasteiger partial charge in [0.1, 0.15) is 0 Å². The molecular formula is C7H16O4. The predicted molar refractivity (Wildman–Crippen MR) is 40.3 cm³/mol. The molecule has 1 unspecified atom stereocenters. The van der Waals surface area contributed by atoms with E-state index in [0.29, 0.717) is 26.4 Å². The van der Waals surface area contributed by atoms with E-state index in [0.717, 1.165) is 0 Å². The molecule has 0 aliphatic rings. The van der Waals surface area contributed by atoms with Crippen LogP contribution in [-0.2, 0) is 14.2 Å². The van der Waals surface area contributed by atoms with Gasteiger partial charge in [-0.15, -0.1) is 0 Å². The highest BCUT2D eigenvalue weighted by molar-refractivity contribution is 4.31. The first kappa shape index (κ1) is 8.93. The van der Waals surface area contributed by atoms with Gasteiger partial charge in [0.2, 0.25) is 1.43 Å². The zero-order valence-electron chi connectivity index (χ0n) is 8.04. The molecule has 0 aromatic rings. The second-order valence-corrected chi connectivity index (χ2v) is 2.04. The van der Waals surface area contributed by atoms with Gasteiger partial charge < -0.3 is 19.3 Å². The van der Waals surface area contributed by atoms with Crippen molar-refractivity contribution in [3.63, 3.8) is 0 Å². The fourth-order valence-corrected chi connectivity index (χ4v) is 0.517. The first-order valence-corrected chi connectivity index (χ1v) is 3.61. The van der Waals surface area contributed by atoms with Crippen LogP contribution in [0.3, 0.4) is 0 Å². The van der Waals surface area contributed by atoms with Crippen LogP contribution in [-0.4, -0.2) is 46.4 Å². The van der Waals surface area contributed by atoms with Crippen molar-refractivity contribution in [1.29, 1.82) is 1.43 Å². The third kappa shape index (κ3) is 9.84. The molecule has 0 radical (unpaired) electrons. The monoisotopic (exact) mass is 165 g/mol. The molecule has 1 atom stereocenters. The predicted octanol–water partition coefficient (Wildman–Crippen LogP) is 0.00430. The number of aliphatic hydroxyl groups is 1. The fraction of sp³-hybridized carbons (Fsp3) is 1.00. The minimum absolute atomic E-state index is 0.434. The average molecular weight is 165 g/mol. The number of rotatable bonds is 8. The molecule has 0 rings (SSSR count). The van der Waals surface area contributed by atoms with Gasteiger partial charge in [-0.1, -0.05) is 0 Å². The molecule has 68 valence electrons. The van der Waals surface area contributed by atoms with Crippen molar-refractivity contribution in [2.24, 2.45) is 0 Å². The van der Waals surface area contributed by atoms with Gasteiger partial charge in [0.15, 0.2) is 6.29 Å². The van der Waals surface area contributed by atoms with Gasteiger partial charge >= 0.3 is 0 Å². The Labute approximate surface area is 68.6 Å². The molecule has 11 heavy (non-hydrogen) atoms. The second-order valence-electron chi connectivity index (χ2n) is 2.04. The van der Waals surface area contributed by atoms with Gasteiger partial charge in [0.05, 0.1) is 26.4 Å². The number of ether oxygens (including phenoxy) is 3. The van der Waals surface area contributed by atoms with Crippen LogP contribution in [0.1, 0.15) is 6.92 Å². The number of methoxy groups -OCH3 is 1. The van der Waals surface area contributed by atoms with Crippen LogP contribution in [0.5, 0.6) is 0 Å². The summed E-state index contributed by atoms with van der Waals surface area (Å²) in [4.78, 5) is 0. The Kier molecular flexibility index (Phi) is 6.45. The second kappa shape index (κ2) is 7.94. The van der Waals surface area contributed by atoms with Crippen molar-refractivity contribution in [3.05, 3.63) is 0 Å². The number of hydrogen-bond donors (Lipinski definition) is 1. The molecule has 0 fully saturated rings. The molecule has 0 amide bonds. The Morgan fingerprint density at radius 1 is 1.36 bits per heavy atom. The largest absolute Gasteiger partial charge is 0.382 e. The first-order chi connectivity index (χ1) is 5.81. The lowest BCUT2D eigenvalue weighted by molar-refractivity contribution is -0.101. The molecule has 0 aliphatic heterocycles. The molecule has 0 aromatic carbocycles. The van der Waals surface area contributed by atoms with E-state index in [-0.39, 0.29) is 0 Å². The Morgan fingerprint density at radius 3 is 2.73 bits per heavy atom. The quantitative estimate of drug-likeness (QED) is 0.406. The van der Waals surface area contributed by atoms with Gasteiger partial charge in [0, 0.05) is 7.11 Å². The van der Waals surface area contributed by atoms with Crippen molar-refractivity contribution in [3.8, 4) is 0 Å². The van der Waals surface area contributed by atoms with Gasteiger partial charge in [-0.2, -0.15) is 0 Å². The molecular weight excluding hydrogens is 148 g/mol. The summed E-state index contributed by atoms with van der Waals surface area (Å²) in [6.45, 7) is 3.74. The van der Waals surface area contributed by atoms with Crippen LogP contribution in [0, 0.1) is 0 Å². The first-order valence-electron chi connectivity index (χ1n) is 4.02. The molecule has 0 spiro atoms. The van der Waals surface area contributed by atoms with Gasteiger partial charge in [0.25, 0.3) is 0 Å². The fourth-order valence-electron chi connectivity index (χ4n) is 0.517. The molecule has 0 aliphatic carbocycles. The molecule has 0 bridgehead atoms. The standard InChI is InChI=1S/C7H16O4/c1-7(8)11-6-5-10-4-3-9-2/h7-8H,3-6H2,1-2H3/i8D. The van der Waals surface area contributed by atoms with Crippen molar-refractivity contribution in [2.75, 3.05) is 33.5 Å². The lowest BCUT2D eigenvalue weighted by Crippen LogP contribution is -2.13. The van der Waals surface area contributed by atoms with E-state index in [1.165, 1.54) is 0 Å². The molecule has 4 heteroatoms. The third-order valence-electron chi connectivity index (χ3n) is 1.01. The van der Waals surface area contributed by atoms with E-state index in [1.807, 2.05) is 0 Å². The Morgan fingerprint density at radius 2 is 2.09 bits per heavy atom. The smallest absolute Gasteiger partial charge is 0.213 e. The maximum atomic E-state index is 6.47. The van der Waals surface area contributed by atoms with E-state index in [4.69, 9.17) is 15.6 Å². The van der Waals surface area contributed by atoms with Crippen LogP contribution in [0.2, 0.25) is 0 Å². The maximum absolute atomic E-state index is 6.47. The summed E-state index contributed by atoms with van der Waals surface area (Å²) in [5, 5.41) is 4.13. The normalized spacial score (nSPS) is 14.5. The van der Waals surface area contributed by atoms with Crippen molar-refractivity contribution >= 4 is 0 Å². The highest BCUT2D eigenvalue weighted by Gasteiger charge is 1.93. The number of aliphatic hydroxyl groups excluding tert-OH is 1. The summed E-state index contributed by atoms with van der Waals surface area (Å²) in [6.07, 6.45) is -0.490. The summed E-state index contributed by atoms with van der Waals surface area (Å²) < 4.78 is 21.3. The molecule has 1 N–H and O–H groups in total. The minimum atomic E-state index is -0.490. The summed E-state index contributed by atoms with van der Waals surface area (Å²) in [5.74, 6) is 0. The average Bonchev–Trinajstić information content (AvgIpc) is 2.10. The third-order valence-corrected chi connectivity index (χ3v) is 1.01. The minimum Gasteiger partial charge on any atom is -0.382 e. The summed E-state index contributed by atoms with van der Waals surface area (Å²) in [5.41, 5.74) is 0. The van der Waals surface area contributed by atoms with E-state index in [9.17, 15) is 0 Å². The van der Waals surface area contributed by atoms with Crippen molar-refractivity contribution in [1.82, 2.24) is 0 Å². The van der Waals surface area contributed by atoms with E-state index in [2.05, 4.69) is 5.11 Å². The zero-order chi connectivity index (χ0) is 9.23. The van der Waals surface area contributed by atoms with Crippen LogP contribution in [0.4, 0.5) is 0 Å². The van der Waals surface area contributed by atoms with Crippen LogP contribution < -0.4 is 0 Å².